The minimum atomic E-state index is -1.17. The van der Waals surface area contributed by atoms with Gasteiger partial charge < -0.3 is 10.0 Å². The van der Waals surface area contributed by atoms with Gasteiger partial charge in [0.2, 0.25) is 5.91 Å². The van der Waals surface area contributed by atoms with Crippen molar-refractivity contribution in [2.45, 2.75) is 25.3 Å². The van der Waals surface area contributed by atoms with Crippen molar-refractivity contribution in [3.05, 3.63) is 71.3 Å². The Labute approximate surface area is 140 Å². The van der Waals surface area contributed by atoms with Crippen LogP contribution >= 0.6 is 0 Å². The number of nitrogens with zero attached hydrogens (tertiary/aromatic N) is 1. The molecule has 0 aromatic heterocycles. The zero-order valence-corrected chi connectivity index (χ0v) is 13.3. The molecule has 24 heavy (non-hydrogen) atoms. The van der Waals surface area contributed by atoms with E-state index in [0.29, 0.717) is 25.9 Å². The van der Waals surface area contributed by atoms with Gasteiger partial charge in [-0.15, -0.1) is 0 Å². The lowest BCUT2D eigenvalue weighted by molar-refractivity contribution is -0.154. The topological polar surface area (TPSA) is 57.6 Å². The summed E-state index contributed by atoms with van der Waals surface area (Å²) >= 11 is 0. The molecule has 4 nitrogen and oxygen atoms in total. The van der Waals surface area contributed by atoms with E-state index < -0.39 is 11.4 Å². The van der Waals surface area contributed by atoms with E-state index in [9.17, 15) is 14.7 Å². The van der Waals surface area contributed by atoms with Gasteiger partial charge in [-0.1, -0.05) is 54.6 Å². The standard InChI is InChI=1S/C20H19NO3/c22-18(20(10-11-20)19(23)24)21-12-15-8-4-5-9-16(15)17(13-21)14-6-2-1-3-7-14/h1-9,17H,10-13H2,(H,23,24). The Morgan fingerprint density at radius 2 is 1.67 bits per heavy atom. The molecule has 1 atom stereocenters. The van der Waals surface area contributed by atoms with Crippen LogP contribution in [0.1, 0.15) is 35.4 Å². The third-order valence-electron chi connectivity index (χ3n) is 5.25. The zero-order chi connectivity index (χ0) is 16.7. The maximum absolute atomic E-state index is 12.9. The van der Waals surface area contributed by atoms with Crippen LogP contribution in [0.5, 0.6) is 0 Å². The van der Waals surface area contributed by atoms with Crippen molar-refractivity contribution in [3.8, 4) is 0 Å². The minimum absolute atomic E-state index is 0.0877. The van der Waals surface area contributed by atoms with Gasteiger partial charge in [0.05, 0.1) is 0 Å². The SMILES string of the molecule is O=C(O)C1(C(=O)N2Cc3ccccc3C(c3ccccc3)C2)CC1. The third-order valence-corrected chi connectivity index (χ3v) is 5.25. The molecule has 122 valence electrons. The second-order valence-electron chi connectivity index (χ2n) is 6.74. The summed E-state index contributed by atoms with van der Waals surface area (Å²) in [6.07, 6.45) is 0.907. The minimum Gasteiger partial charge on any atom is -0.480 e. The van der Waals surface area contributed by atoms with Crippen LogP contribution in [0.15, 0.2) is 54.6 Å². The second kappa shape index (κ2) is 5.48. The van der Waals surface area contributed by atoms with Gasteiger partial charge in [-0.05, 0) is 29.5 Å². The number of benzene rings is 2. The number of amides is 1. The van der Waals surface area contributed by atoms with Crippen LogP contribution in [0.3, 0.4) is 0 Å². The molecule has 2 aromatic carbocycles. The molecule has 1 aliphatic carbocycles. The van der Waals surface area contributed by atoms with Gasteiger partial charge in [0, 0.05) is 19.0 Å². The highest BCUT2D eigenvalue weighted by Gasteiger charge is 2.59. The summed E-state index contributed by atoms with van der Waals surface area (Å²) < 4.78 is 0. The number of carbonyl (C=O) groups excluding carboxylic acids is 1. The Hall–Kier alpha value is -2.62. The summed E-state index contributed by atoms with van der Waals surface area (Å²) in [7, 11) is 0. The monoisotopic (exact) mass is 321 g/mol. The molecule has 0 bridgehead atoms. The average molecular weight is 321 g/mol. The molecule has 1 saturated carbocycles. The molecular formula is C20H19NO3. The van der Waals surface area contributed by atoms with E-state index in [1.807, 2.05) is 36.4 Å². The van der Waals surface area contributed by atoms with Crippen molar-refractivity contribution in [2.75, 3.05) is 6.54 Å². The zero-order valence-electron chi connectivity index (χ0n) is 13.3. The van der Waals surface area contributed by atoms with Crippen molar-refractivity contribution in [2.24, 2.45) is 5.41 Å². The van der Waals surface area contributed by atoms with E-state index in [4.69, 9.17) is 0 Å². The number of hydrogen-bond acceptors (Lipinski definition) is 2. The van der Waals surface area contributed by atoms with Crippen molar-refractivity contribution in [1.29, 1.82) is 0 Å². The molecule has 1 heterocycles. The van der Waals surface area contributed by atoms with Crippen LogP contribution in [0.4, 0.5) is 0 Å². The van der Waals surface area contributed by atoms with E-state index in [1.54, 1.807) is 4.90 Å². The quantitative estimate of drug-likeness (QED) is 0.884. The van der Waals surface area contributed by atoms with Gasteiger partial charge in [-0.25, -0.2) is 0 Å². The first-order chi connectivity index (χ1) is 11.6. The maximum atomic E-state index is 12.9. The summed E-state index contributed by atoms with van der Waals surface area (Å²) in [5.74, 6) is -1.13. The lowest BCUT2D eigenvalue weighted by Crippen LogP contribution is -2.44. The van der Waals surface area contributed by atoms with Crippen LogP contribution in [-0.2, 0) is 16.1 Å². The smallest absolute Gasteiger partial charge is 0.319 e. The van der Waals surface area contributed by atoms with Crippen LogP contribution in [-0.4, -0.2) is 28.4 Å². The Kier molecular flexibility index (Phi) is 3.41. The normalized spacial score (nSPS) is 21.0. The fraction of sp³-hybridized carbons (Fsp3) is 0.300. The molecule has 1 fully saturated rings. The van der Waals surface area contributed by atoms with Gasteiger partial charge >= 0.3 is 5.97 Å². The van der Waals surface area contributed by atoms with Gasteiger partial charge in [0.25, 0.3) is 0 Å². The third kappa shape index (κ3) is 2.30. The molecule has 4 rings (SSSR count). The highest BCUT2D eigenvalue weighted by molar-refractivity contribution is 6.04. The van der Waals surface area contributed by atoms with Crippen molar-refractivity contribution < 1.29 is 14.7 Å². The average Bonchev–Trinajstić information content (AvgIpc) is 3.43. The number of carboxylic acids is 1. The fourth-order valence-electron chi connectivity index (χ4n) is 3.68. The lowest BCUT2D eigenvalue weighted by Gasteiger charge is -2.36. The van der Waals surface area contributed by atoms with Crippen LogP contribution in [0.2, 0.25) is 0 Å². The fourth-order valence-corrected chi connectivity index (χ4v) is 3.68. The van der Waals surface area contributed by atoms with Crippen LogP contribution in [0, 0.1) is 5.41 Å². The molecular weight excluding hydrogens is 302 g/mol. The molecule has 0 radical (unpaired) electrons. The highest BCUT2D eigenvalue weighted by Crippen LogP contribution is 2.48. The van der Waals surface area contributed by atoms with E-state index in [-0.39, 0.29) is 11.8 Å². The number of fused-ring (bicyclic) bond motifs is 1. The predicted molar refractivity (Wildman–Crippen MR) is 89.4 cm³/mol. The maximum Gasteiger partial charge on any atom is 0.319 e. The number of rotatable bonds is 3. The van der Waals surface area contributed by atoms with E-state index in [2.05, 4.69) is 18.2 Å². The van der Waals surface area contributed by atoms with Crippen LogP contribution < -0.4 is 0 Å². The molecule has 1 unspecified atom stereocenters. The molecule has 0 spiro atoms. The first-order valence-electron chi connectivity index (χ1n) is 8.27. The van der Waals surface area contributed by atoms with Gasteiger partial charge in [-0.3, -0.25) is 9.59 Å². The summed E-state index contributed by atoms with van der Waals surface area (Å²) in [5, 5.41) is 9.44. The Balaban J connectivity index is 1.71. The lowest BCUT2D eigenvalue weighted by atomic mass is 9.84. The van der Waals surface area contributed by atoms with E-state index in [0.717, 1.165) is 11.1 Å². The molecule has 2 aliphatic rings. The number of hydrogen-bond donors (Lipinski definition) is 1. The summed E-state index contributed by atoms with van der Waals surface area (Å²) in [4.78, 5) is 26.1. The largest absolute Gasteiger partial charge is 0.480 e. The molecule has 1 aliphatic heterocycles. The summed E-state index contributed by atoms with van der Waals surface area (Å²) in [6.45, 7) is 1.03. The first kappa shape index (κ1) is 14.9. The molecule has 2 aromatic rings. The number of aliphatic carboxylic acids is 1. The highest BCUT2D eigenvalue weighted by atomic mass is 16.4. The molecule has 0 saturated heterocycles. The first-order valence-corrected chi connectivity index (χ1v) is 8.27. The molecule has 4 heteroatoms. The van der Waals surface area contributed by atoms with Crippen LogP contribution in [0.25, 0.3) is 0 Å². The molecule has 1 amide bonds. The van der Waals surface area contributed by atoms with Gasteiger partial charge in [0.1, 0.15) is 5.41 Å². The van der Waals surface area contributed by atoms with Gasteiger partial charge in [-0.2, -0.15) is 0 Å². The number of carbonyl (C=O) groups is 2. The summed E-state index contributed by atoms with van der Waals surface area (Å²) in [6, 6.07) is 18.2. The van der Waals surface area contributed by atoms with Crippen molar-refractivity contribution >= 4 is 11.9 Å². The van der Waals surface area contributed by atoms with E-state index in [1.165, 1.54) is 5.56 Å². The Morgan fingerprint density at radius 1 is 1.00 bits per heavy atom. The Morgan fingerprint density at radius 3 is 2.33 bits per heavy atom. The van der Waals surface area contributed by atoms with Gasteiger partial charge in [0.15, 0.2) is 0 Å². The van der Waals surface area contributed by atoms with Crippen molar-refractivity contribution in [1.82, 2.24) is 4.90 Å². The Bertz CT molecular complexity index is 796. The van der Waals surface area contributed by atoms with Crippen molar-refractivity contribution in [3.63, 3.8) is 0 Å². The summed E-state index contributed by atoms with van der Waals surface area (Å²) in [5.41, 5.74) is 2.32. The molecule has 1 N–H and O–H groups in total. The van der Waals surface area contributed by atoms with E-state index >= 15 is 0 Å². The number of carboxylic acid groups (broad SMARTS) is 1. The second-order valence-corrected chi connectivity index (χ2v) is 6.74. The predicted octanol–water partition coefficient (Wildman–Crippen LogP) is 3.03.